The molecule has 0 radical (unpaired) electrons. The van der Waals surface area contributed by atoms with E-state index in [4.69, 9.17) is 0 Å². The fraction of sp³-hybridized carbons (Fsp3) is 0.267. The Labute approximate surface area is 120 Å². The molecule has 1 aromatic carbocycles. The second-order valence-corrected chi connectivity index (χ2v) is 5.44. The maximum Gasteiger partial charge on any atom is 0.124 e. The largest absolute Gasteiger partial charge is 0.388 e. The summed E-state index contributed by atoms with van der Waals surface area (Å²) in [5.74, 6) is -0.293. The third-order valence-corrected chi connectivity index (χ3v) is 3.79. The van der Waals surface area contributed by atoms with Crippen molar-refractivity contribution in [1.82, 2.24) is 4.98 Å². The summed E-state index contributed by atoms with van der Waals surface area (Å²) >= 11 is 3.31. The van der Waals surface area contributed by atoms with Gasteiger partial charge >= 0.3 is 0 Å². The average Bonchev–Trinajstić information content (AvgIpc) is 2.32. The predicted molar refractivity (Wildman–Crippen MR) is 76.5 cm³/mol. The van der Waals surface area contributed by atoms with Crippen LogP contribution in [0.25, 0.3) is 0 Å². The highest BCUT2D eigenvalue weighted by Crippen LogP contribution is 2.25. The van der Waals surface area contributed by atoms with Crippen LogP contribution in [0.1, 0.15) is 28.6 Å². The number of aromatic nitrogens is 1. The number of aliphatic hydroxyl groups excluding tert-OH is 1. The van der Waals surface area contributed by atoms with Crippen LogP contribution in [0.3, 0.4) is 0 Å². The SMILES string of the molecule is Cc1ccc(C(O)Cc2ccc(F)cc2Br)c(C)n1. The van der Waals surface area contributed by atoms with Gasteiger partial charge in [0.25, 0.3) is 0 Å². The molecule has 0 aliphatic rings. The molecule has 1 heterocycles. The smallest absolute Gasteiger partial charge is 0.124 e. The molecule has 0 aliphatic heterocycles. The second kappa shape index (κ2) is 5.80. The van der Waals surface area contributed by atoms with Crippen LogP contribution < -0.4 is 0 Å². The van der Waals surface area contributed by atoms with E-state index < -0.39 is 6.10 Å². The standard InChI is InChI=1S/C15H15BrFNO/c1-9-3-6-13(10(2)18-9)15(19)7-11-4-5-12(17)8-14(11)16/h3-6,8,15,19H,7H2,1-2H3. The van der Waals surface area contributed by atoms with Gasteiger partial charge in [0.2, 0.25) is 0 Å². The normalized spacial score (nSPS) is 12.5. The van der Waals surface area contributed by atoms with Crippen LogP contribution in [0.4, 0.5) is 4.39 Å². The summed E-state index contributed by atoms with van der Waals surface area (Å²) in [6.07, 6.45) is -0.221. The van der Waals surface area contributed by atoms with Crippen LogP contribution in [-0.4, -0.2) is 10.1 Å². The molecule has 0 bridgehead atoms. The Morgan fingerprint density at radius 2 is 2.00 bits per heavy atom. The number of benzene rings is 1. The molecule has 1 atom stereocenters. The van der Waals surface area contributed by atoms with Gasteiger partial charge in [-0.15, -0.1) is 0 Å². The zero-order valence-electron chi connectivity index (χ0n) is 10.8. The summed E-state index contributed by atoms with van der Waals surface area (Å²) in [6.45, 7) is 3.80. The highest BCUT2D eigenvalue weighted by Gasteiger charge is 2.14. The Morgan fingerprint density at radius 1 is 1.26 bits per heavy atom. The highest BCUT2D eigenvalue weighted by atomic mass is 79.9. The van der Waals surface area contributed by atoms with Crippen LogP contribution in [0.2, 0.25) is 0 Å². The zero-order valence-corrected chi connectivity index (χ0v) is 12.4. The average molecular weight is 324 g/mol. The number of hydrogen-bond acceptors (Lipinski definition) is 2. The predicted octanol–water partition coefficient (Wildman–Crippen LogP) is 3.88. The maximum absolute atomic E-state index is 13.0. The highest BCUT2D eigenvalue weighted by molar-refractivity contribution is 9.10. The van der Waals surface area contributed by atoms with Crippen molar-refractivity contribution in [3.05, 3.63) is 63.1 Å². The van der Waals surface area contributed by atoms with E-state index in [9.17, 15) is 9.50 Å². The van der Waals surface area contributed by atoms with Crippen molar-refractivity contribution >= 4 is 15.9 Å². The summed E-state index contributed by atoms with van der Waals surface area (Å²) in [7, 11) is 0. The molecule has 1 N–H and O–H groups in total. The molecular formula is C15H15BrFNO. The Hall–Kier alpha value is -1.26. The van der Waals surface area contributed by atoms with Crippen LogP contribution in [0.15, 0.2) is 34.8 Å². The van der Waals surface area contributed by atoms with Crippen LogP contribution in [-0.2, 0) is 6.42 Å². The van der Waals surface area contributed by atoms with E-state index in [0.29, 0.717) is 10.9 Å². The molecule has 0 saturated heterocycles. The Morgan fingerprint density at radius 3 is 2.63 bits per heavy atom. The minimum absolute atomic E-state index is 0.293. The van der Waals surface area contributed by atoms with Crippen LogP contribution >= 0.6 is 15.9 Å². The van der Waals surface area contributed by atoms with Crippen molar-refractivity contribution in [2.45, 2.75) is 26.4 Å². The van der Waals surface area contributed by atoms with Crippen molar-refractivity contribution in [2.75, 3.05) is 0 Å². The topological polar surface area (TPSA) is 33.1 Å². The van der Waals surface area contributed by atoms with Crippen molar-refractivity contribution in [1.29, 1.82) is 0 Å². The first-order valence-corrected chi connectivity index (χ1v) is 6.83. The number of hydrogen-bond donors (Lipinski definition) is 1. The van der Waals surface area contributed by atoms with Gasteiger partial charge in [0.05, 0.1) is 6.10 Å². The minimum Gasteiger partial charge on any atom is -0.388 e. The fourth-order valence-corrected chi connectivity index (χ4v) is 2.57. The van der Waals surface area contributed by atoms with Gasteiger partial charge in [-0.05, 0) is 37.6 Å². The number of rotatable bonds is 3. The van der Waals surface area contributed by atoms with Gasteiger partial charge in [-0.2, -0.15) is 0 Å². The lowest BCUT2D eigenvalue weighted by Gasteiger charge is -2.14. The number of aliphatic hydroxyl groups is 1. The molecule has 0 fully saturated rings. The molecule has 0 aliphatic carbocycles. The summed E-state index contributed by atoms with van der Waals surface area (Å²) in [6, 6.07) is 8.25. The number of nitrogens with zero attached hydrogens (tertiary/aromatic N) is 1. The Balaban J connectivity index is 2.23. The van der Waals surface area contributed by atoms with E-state index in [1.165, 1.54) is 12.1 Å². The molecule has 0 spiro atoms. The summed E-state index contributed by atoms with van der Waals surface area (Å²) < 4.78 is 13.7. The van der Waals surface area contributed by atoms with Crippen molar-refractivity contribution in [3.63, 3.8) is 0 Å². The van der Waals surface area contributed by atoms with Gasteiger partial charge in [-0.1, -0.05) is 28.1 Å². The summed E-state index contributed by atoms with van der Waals surface area (Å²) in [5.41, 5.74) is 3.43. The van der Waals surface area contributed by atoms with Gasteiger partial charge in [-0.25, -0.2) is 4.39 Å². The molecule has 0 saturated carbocycles. The lowest BCUT2D eigenvalue weighted by molar-refractivity contribution is 0.177. The molecular weight excluding hydrogens is 309 g/mol. The molecule has 0 amide bonds. The summed E-state index contributed by atoms with van der Waals surface area (Å²) in [5, 5.41) is 10.3. The van der Waals surface area contributed by atoms with E-state index in [2.05, 4.69) is 20.9 Å². The van der Waals surface area contributed by atoms with E-state index in [0.717, 1.165) is 22.5 Å². The van der Waals surface area contributed by atoms with Crippen LogP contribution in [0.5, 0.6) is 0 Å². The molecule has 2 nitrogen and oxygen atoms in total. The summed E-state index contributed by atoms with van der Waals surface area (Å²) in [4.78, 5) is 4.34. The number of halogens is 2. The molecule has 1 aromatic heterocycles. The van der Waals surface area contributed by atoms with Gasteiger partial charge < -0.3 is 5.11 Å². The van der Waals surface area contributed by atoms with E-state index in [-0.39, 0.29) is 5.82 Å². The number of pyridine rings is 1. The zero-order chi connectivity index (χ0) is 14.0. The molecule has 1 unspecified atom stereocenters. The third kappa shape index (κ3) is 3.39. The molecule has 2 aromatic rings. The Bertz CT molecular complexity index is 601. The Kier molecular flexibility index (Phi) is 4.32. The van der Waals surface area contributed by atoms with Gasteiger partial charge in [0.15, 0.2) is 0 Å². The quantitative estimate of drug-likeness (QED) is 0.929. The van der Waals surface area contributed by atoms with E-state index in [1.54, 1.807) is 6.07 Å². The van der Waals surface area contributed by atoms with Crippen molar-refractivity contribution < 1.29 is 9.50 Å². The third-order valence-electron chi connectivity index (χ3n) is 3.05. The van der Waals surface area contributed by atoms with Gasteiger partial charge in [0.1, 0.15) is 5.82 Å². The van der Waals surface area contributed by atoms with E-state index >= 15 is 0 Å². The fourth-order valence-electron chi connectivity index (χ4n) is 2.06. The first-order valence-electron chi connectivity index (χ1n) is 6.03. The van der Waals surface area contributed by atoms with E-state index in [1.807, 2.05) is 26.0 Å². The van der Waals surface area contributed by atoms with Gasteiger partial charge in [-0.3, -0.25) is 4.98 Å². The first kappa shape index (κ1) is 14.2. The van der Waals surface area contributed by atoms with Crippen molar-refractivity contribution in [2.24, 2.45) is 0 Å². The minimum atomic E-state index is -0.644. The van der Waals surface area contributed by atoms with Gasteiger partial charge in [0, 0.05) is 27.8 Å². The molecule has 100 valence electrons. The second-order valence-electron chi connectivity index (χ2n) is 4.58. The van der Waals surface area contributed by atoms with Crippen LogP contribution in [0, 0.1) is 19.7 Å². The lowest BCUT2D eigenvalue weighted by Crippen LogP contribution is -2.06. The molecule has 2 rings (SSSR count). The monoisotopic (exact) mass is 323 g/mol. The first-order chi connectivity index (χ1) is 8.97. The lowest BCUT2D eigenvalue weighted by atomic mass is 10.00. The molecule has 19 heavy (non-hydrogen) atoms. The van der Waals surface area contributed by atoms with Crippen molar-refractivity contribution in [3.8, 4) is 0 Å². The molecule has 4 heteroatoms. The number of aryl methyl sites for hydroxylation is 2. The maximum atomic E-state index is 13.0.